The number of rotatable bonds is 5. The van der Waals surface area contributed by atoms with E-state index in [0.29, 0.717) is 33.9 Å². The maximum absolute atomic E-state index is 13.6. The number of carbonyl (C=O) groups excluding carboxylic acids is 2. The molecular formula is C28H22F3N5O4. The first-order valence-electron chi connectivity index (χ1n) is 12.0. The Labute approximate surface area is 225 Å². The molecule has 0 fully saturated rings. The van der Waals surface area contributed by atoms with Crippen molar-refractivity contribution in [2.45, 2.75) is 26.9 Å². The molecule has 1 aliphatic rings. The summed E-state index contributed by atoms with van der Waals surface area (Å²) >= 11 is 0. The van der Waals surface area contributed by atoms with Crippen molar-refractivity contribution in [2.24, 2.45) is 0 Å². The van der Waals surface area contributed by atoms with Crippen LogP contribution in [-0.4, -0.2) is 37.4 Å². The molecule has 0 bridgehead atoms. The second kappa shape index (κ2) is 9.56. The minimum atomic E-state index is -4.68. The Balaban J connectivity index is 1.44. The van der Waals surface area contributed by atoms with E-state index in [2.05, 4.69) is 20.6 Å². The monoisotopic (exact) mass is 549 g/mol. The Kier molecular flexibility index (Phi) is 6.33. The lowest BCUT2D eigenvalue weighted by molar-refractivity contribution is -0.137. The van der Waals surface area contributed by atoms with Crippen molar-refractivity contribution < 1.29 is 32.7 Å². The number of fused-ring (bicyclic) bond motifs is 1. The van der Waals surface area contributed by atoms with E-state index in [1.54, 1.807) is 39.1 Å². The summed E-state index contributed by atoms with van der Waals surface area (Å²) in [6.45, 7) is 4.96. The van der Waals surface area contributed by atoms with Crippen molar-refractivity contribution in [3.63, 3.8) is 0 Å². The van der Waals surface area contributed by atoms with Crippen LogP contribution < -0.4 is 10.6 Å². The zero-order chi connectivity index (χ0) is 28.9. The summed E-state index contributed by atoms with van der Waals surface area (Å²) in [5, 5.41) is 14.7. The fourth-order valence-corrected chi connectivity index (χ4v) is 4.62. The second-order valence-corrected chi connectivity index (χ2v) is 9.38. The molecule has 0 spiro atoms. The van der Waals surface area contributed by atoms with Crippen LogP contribution in [0.15, 0.2) is 48.9 Å². The van der Waals surface area contributed by atoms with E-state index in [9.17, 15) is 32.7 Å². The number of hydrogen-bond acceptors (Lipinski definition) is 4. The van der Waals surface area contributed by atoms with Gasteiger partial charge in [-0.25, -0.2) is 9.78 Å². The van der Waals surface area contributed by atoms with Gasteiger partial charge in [0.05, 0.1) is 34.4 Å². The van der Waals surface area contributed by atoms with Crippen LogP contribution >= 0.6 is 0 Å². The summed E-state index contributed by atoms with van der Waals surface area (Å²) in [6, 6.07) is 7.63. The van der Waals surface area contributed by atoms with Gasteiger partial charge in [0.15, 0.2) is 0 Å². The van der Waals surface area contributed by atoms with Gasteiger partial charge in [-0.15, -0.1) is 0 Å². The first-order valence-corrected chi connectivity index (χ1v) is 12.0. The van der Waals surface area contributed by atoms with Crippen LogP contribution in [0, 0.1) is 20.8 Å². The Morgan fingerprint density at radius 2 is 1.85 bits per heavy atom. The lowest BCUT2D eigenvalue weighted by Crippen LogP contribution is -2.15. The molecule has 12 heteroatoms. The number of aromatic amines is 1. The molecule has 0 saturated heterocycles. The van der Waals surface area contributed by atoms with Crippen LogP contribution in [0.2, 0.25) is 0 Å². The molecule has 3 heterocycles. The maximum Gasteiger partial charge on any atom is 0.416 e. The molecular weight excluding hydrogens is 527 g/mol. The molecule has 5 rings (SSSR count). The number of anilines is 2. The van der Waals surface area contributed by atoms with Crippen LogP contribution in [0.4, 0.5) is 24.5 Å². The third-order valence-electron chi connectivity index (χ3n) is 6.56. The number of nitrogens with one attached hydrogen (secondary N) is 3. The molecule has 0 atom stereocenters. The number of imidazole rings is 1. The Bertz CT molecular complexity index is 1750. The van der Waals surface area contributed by atoms with Crippen LogP contribution in [0.1, 0.15) is 54.5 Å². The van der Waals surface area contributed by atoms with Gasteiger partial charge in [0, 0.05) is 40.1 Å². The lowest BCUT2D eigenvalue weighted by atomic mass is 10.0. The van der Waals surface area contributed by atoms with E-state index in [4.69, 9.17) is 0 Å². The molecule has 2 aromatic carbocycles. The highest BCUT2D eigenvalue weighted by molar-refractivity contribution is 6.35. The third kappa shape index (κ3) is 4.86. The molecule has 4 aromatic rings. The standard InChI is InChI=1S/C28H22F3N5O4/c1-13-11-36(12-32-13)19-7-16(6-17(8-19)28(29,30)31)25(37)34-18-4-5-20-21(26(38)35-23(20)9-18)10-22-14(2)24(27(39)40)15(3)33-22/h4-12,33H,1-3H3,(H,34,37)(H,35,38)(H,39,40). The van der Waals surface area contributed by atoms with Gasteiger partial charge in [-0.3, -0.25) is 9.59 Å². The van der Waals surface area contributed by atoms with Crippen molar-refractivity contribution in [1.29, 1.82) is 0 Å². The minimum Gasteiger partial charge on any atom is -0.478 e. The van der Waals surface area contributed by atoms with E-state index in [0.717, 1.165) is 12.1 Å². The number of aromatic carboxylic acids is 1. The number of carboxylic acid groups (broad SMARTS) is 1. The molecule has 4 N–H and O–H groups in total. The maximum atomic E-state index is 13.6. The van der Waals surface area contributed by atoms with Crippen LogP contribution in [0.3, 0.4) is 0 Å². The number of halogens is 3. The van der Waals surface area contributed by atoms with Gasteiger partial charge in [0.25, 0.3) is 11.8 Å². The molecule has 2 aromatic heterocycles. The number of amides is 2. The van der Waals surface area contributed by atoms with Crippen molar-refractivity contribution >= 4 is 40.8 Å². The Morgan fingerprint density at radius 1 is 1.10 bits per heavy atom. The van der Waals surface area contributed by atoms with Gasteiger partial charge in [0.1, 0.15) is 0 Å². The Hall–Kier alpha value is -5.13. The number of benzene rings is 2. The first kappa shape index (κ1) is 26.5. The molecule has 204 valence electrons. The normalized spacial score (nSPS) is 13.8. The highest BCUT2D eigenvalue weighted by Gasteiger charge is 2.32. The summed E-state index contributed by atoms with van der Waals surface area (Å²) in [4.78, 5) is 44.3. The quantitative estimate of drug-likeness (QED) is 0.241. The van der Waals surface area contributed by atoms with Crippen molar-refractivity contribution in [3.05, 3.63) is 93.8 Å². The molecule has 40 heavy (non-hydrogen) atoms. The fraction of sp³-hybridized carbons (Fsp3) is 0.143. The number of nitrogens with zero attached hydrogens (tertiary/aromatic N) is 2. The van der Waals surface area contributed by atoms with Crippen LogP contribution in [0.25, 0.3) is 17.3 Å². The van der Waals surface area contributed by atoms with E-state index in [1.165, 1.54) is 29.1 Å². The van der Waals surface area contributed by atoms with E-state index in [1.807, 2.05) is 0 Å². The Morgan fingerprint density at radius 3 is 2.48 bits per heavy atom. The largest absolute Gasteiger partial charge is 0.478 e. The number of aryl methyl sites for hydroxylation is 2. The number of alkyl halides is 3. The van der Waals surface area contributed by atoms with E-state index in [-0.39, 0.29) is 28.1 Å². The van der Waals surface area contributed by atoms with Crippen molar-refractivity contribution in [1.82, 2.24) is 14.5 Å². The van der Waals surface area contributed by atoms with Crippen molar-refractivity contribution in [3.8, 4) is 5.69 Å². The highest BCUT2D eigenvalue weighted by atomic mass is 19.4. The first-order chi connectivity index (χ1) is 18.8. The fourth-order valence-electron chi connectivity index (χ4n) is 4.62. The predicted molar refractivity (Wildman–Crippen MR) is 141 cm³/mol. The van der Waals surface area contributed by atoms with Crippen LogP contribution in [0.5, 0.6) is 0 Å². The zero-order valence-corrected chi connectivity index (χ0v) is 21.4. The molecule has 1 aliphatic heterocycles. The van der Waals surface area contributed by atoms with E-state index >= 15 is 0 Å². The lowest BCUT2D eigenvalue weighted by Gasteiger charge is -2.13. The number of hydrogen-bond donors (Lipinski definition) is 4. The summed E-state index contributed by atoms with van der Waals surface area (Å²) in [6.07, 6.45) is -0.220. The smallest absolute Gasteiger partial charge is 0.416 e. The minimum absolute atomic E-state index is 0.123. The highest BCUT2D eigenvalue weighted by Crippen LogP contribution is 2.36. The number of carbonyl (C=O) groups is 3. The average Bonchev–Trinajstić information content (AvgIpc) is 3.53. The van der Waals surface area contributed by atoms with Gasteiger partial charge in [-0.2, -0.15) is 13.2 Å². The summed E-state index contributed by atoms with van der Waals surface area (Å²) < 4.78 is 42.2. The van der Waals surface area contributed by atoms with Gasteiger partial charge in [-0.05, 0) is 62.7 Å². The number of carboxylic acids is 1. The molecule has 0 unspecified atom stereocenters. The molecule has 9 nitrogen and oxygen atoms in total. The van der Waals surface area contributed by atoms with Gasteiger partial charge >= 0.3 is 12.1 Å². The third-order valence-corrected chi connectivity index (χ3v) is 6.56. The summed E-state index contributed by atoms with van der Waals surface area (Å²) in [5.74, 6) is -2.29. The molecule has 0 radical (unpaired) electrons. The van der Waals surface area contributed by atoms with Gasteiger partial charge in [-0.1, -0.05) is 6.07 Å². The average molecular weight is 550 g/mol. The predicted octanol–water partition coefficient (Wildman–Crippen LogP) is 5.59. The summed E-state index contributed by atoms with van der Waals surface area (Å²) in [5.41, 5.74) is 2.49. The van der Waals surface area contributed by atoms with Crippen molar-refractivity contribution in [2.75, 3.05) is 10.6 Å². The van der Waals surface area contributed by atoms with Gasteiger partial charge in [0.2, 0.25) is 0 Å². The SMILES string of the molecule is Cc1cn(-c2cc(C(=O)Nc3ccc4c(c3)NC(=O)C4=Cc3[nH]c(C)c(C(=O)O)c3C)cc(C(F)(F)F)c2)cn1. The van der Waals surface area contributed by atoms with Gasteiger partial charge < -0.3 is 25.3 Å². The second-order valence-electron chi connectivity index (χ2n) is 9.38. The number of H-pyrrole nitrogens is 1. The molecule has 2 amide bonds. The molecule has 0 saturated carbocycles. The zero-order valence-electron chi connectivity index (χ0n) is 21.4. The molecule has 0 aliphatic carbocycles. The topological polar surface area (TPSA) is 129 Å². The number of aromatic nitrogens is 3. The van der Waals surface area contributed by atoms with Crippen LogP contribution in [-0.2, 0) is 11.0 Å². The van der Waals surface area contributed by atoms with E-state index < -0.39 is 29.5 Å². The summed E-state index contributed by atoms with van der Waals surface area (Å²) in [7, 11) is 0.